The molecule has 0 atom stereocenters. The van der Waals surface area contributed by atoms with Crippen molar-refractivity contribution in [3.8, 4) is 0 Å². The number of hydrogen-bond donors (Lipinski definition) is 1. The molecular formula is C30H31FN2O2S2. The molecule has 3 aromatic rings. The second-order valence-corrected chi connectivity index (χ2v) is 11.1. The van der Waals surface area contributed by atoms with Gasteiger partial charge in [-0.1, -0.05) is 61.5 Å². The van der Waals surface area contributed by atoms with Gasteiger partial charge in [0.15, 0.2) is 0 Å². The third-order valence-corrected chi connectivity index (χ3v) is 8.18. The minimum atomic E-state index is -0.302. The van der Waals surface area contributed by atoms with Crippen molar-refractivity contribution in [3.63, 3.8) is 0 Å². The van der Waals surface area contributed by atoms with Gasteiger partial charge in [-0.2, -0.15) is 11.8 Å². The third-order valence-electron chi connectivity index (χ3n) is 5.95. The van der Waals surface area contributed by atoms with Crippen LogP contribution < -0.4 is 10.2 Å². The van der Waals surface area contributed by atoms with E-state index in [-0.39, 0.29) is 17.6 Å². The van der Waals surface area contributed by atoms with Crippen LogP contribution in [0.5, 0.6) is 0 Å². The molecule has 4 nitrogen and oxygen atoms in total. The minimum Gasteiger partial charge on any atom is -0.352 e. The molecule has 0 radical (unpaired) electrons. The van der Waals surface area contributed by atoms with E-state index in [9.17, 15) is 14.0 Å². The maximum Gasteiger partial charge on any atom is 0.265 e. The van der Waals surface area contributed by atoms with Crippen LogP contribution in [-0.2, 0) is 11.3 Å². The first-order valence-corrected chi connectivity index (χ1v) is 14.5. The lowest BCUT2D eigenvalue weighted by atomic mass is 10.1. The van der Waals surface area contributed by atoms with Crippen LogP contribution in [0.15, 0.2) is 82.6 Å². The normalized spacial score (nSPS) is 14.1. The lowest BCUT2D eigenvalue weighted by molar-refractivity contribution is -0.114. The molecule has 192 valence electrons. The number of hydrogen-bond acceptors (Lipinski definition) is 4. The van der Waals surface area contributed by atoms with Crippen LogP contribution in [0.1, 0.15) is 47.7 Å². The van der Waals surface area contributed by atoms with E-state index in [0.717, 1.165) is 33.9 Å². The first-order valence-electron chi connectivity index (χ1n) is 12.6. The van der Waals surface area contributed by atoms with Crippen LogP contribution in [0.25, 0.3) is 6.08 Å². The van der Waals surface area contributed by atoms with Crippen LogP contribution in [-0.4, -0.2) is 29.9 Å². The zero-order chi connectivity index (χ0) is 26.0. The van der Waals surface area contributed by atoms with Gasteiger partial charge in [0.05, 0.1) is 17.1 Å². The summed E-state index contributed by atoms with van der Waals surface area (Å²) in [6.07, 6.45) is 5.27. The summed E-state index contributed by atoms with van der Waals surface area (Å²) in [5.74, 6) is 1.74. The summed E-state index contributed by atoms with van der Waals surface area (Å²) >= 11 is 3.37. The molecular weight excluding hydrogens is 503 g/mol. The van der Waals surface area contributed by atoms with Gasteiger partial charge in [-0.25, -0.2) is 4.39 Å². The van der Waals surface area contributed by atoms with Gasteiger partial charge in [-0.15, -0.1) is 0 Å². The molecule has 0 spiro atoms. The van der Waals surface area contributed by atoms with Crippen molar-refractivity contribution in [1.29, 1.82) is 0 Å². The maximum absolute atomic E-state index is 13.5. The lowest BCUT2D eigenvalue weighted by Gasteiger charge is -2.30. The number of para-hydroxylation sites is 1. The SMILES string of the molecule is CCCCSCCCNC(=O)c1ccc(/C=C2\Sc3ccccc3N(Cc3ccc(F)cc3)C2=O)cc1. The van der Waals surface area contributed by atoms with Crippen molar-refractivity contribution in [3.05, 3.63) is 100 Å². The van der Waals surface area contributed by atoms with E-state index in [2.05, 4.69) is 12.2 Å². The van der Waals surface area contributed by atoms with Gasteiger partial charge in [-0.05, 0) is 77.9 Å². The number of thioether (sulfide) groups is 2. The average molecular weight is 535 g/mol. The molecule has 2 amide bonds. The Balaban J connectivity index is 1.42. The summed E-state index contributed by atoms with van der Waals surface area (Å²) in [5, 5.41) is 2.99. The molecule has 7 heteroatoms. The molecule has 3 aromatic carbocycles. The Bertz CT molecular complexity index is 1240. The molecule has 0 fully saturated rings. The number of halogens is 1. The number of rotatable bonds is 11. The Morgan fingerprint density at radius 3 is 2.49 bits per heavy atom. The highest BCUT2D eigenvalue weighted by Crippen LogP contribution is 2.42. The van der Waals surface area contributed by atoms with E-state index < -0.39 is 0 Å². The number of anilines is 1. The van der Waals surface area contributed by atoms with E-state index in [4.69, 9.17) is 0 Å². The Labute approximate surface area is 226 Å². The fourth-order valence-electron chi connectivity index (χ4n) is 3.90. The quantitative estimate of drug-likeness (QED) is 0.209. The van der Waals surface area contributed by atoms with Crippen LogP contribution in [0.4, 0.5) is 10.1 Å². The van der Waals surface area contributed by atoms with Crippen molar-refractivity contribution in [1.82, 2.24) is 5.32 Å². The summed E-state index contributed by atoms with van der Waals surface area (Å²) in [5.41, 5.74) is 3.15. The summed E-state index contributed by atoms with van der Waals surface area (Å²) in [4.78, 5) is 29.3. The number of unbranched alkanes of at least 4 members (excludes halogenated alkanes) is 1. The van der Waals surface area contributed by atoms with Crippen molar-refractivity contribution in [2.24, 2.45) is 0 Å². The molecule has 0 bridgehead atoms. The largest absolute Gasteiger partial charge is 0.352 e. The number of amides is 2. The molecule has 0 unspecified atom stereocenters. The highest BCUT2D eigenvalue weighted by Gasteiger charge is 2.29. The zero-order valence-electron chi connectivity index (χ0n) is 20.9. The van der Waals surface area contributed by atoms with Crippen molar-refractivity contribution < 1.29 is 14.0 Å². The average Bonchev–Trinajstić information content (AvgIpc) is 2.92. The number of carbonyl (C=O) groups excluding carboxylic acids is 2. The van der Waals surface area contributed by atoms with Crippen LogP contribution in [0.3, 0.4) is 0 Å². The van der Waals surface area contributed by atoms with Gasteiger partial charge in [0, 0.05) is 17.0 Å². The molecule has 0 aromatic heterocycles. The van der Waals surface area contributed by atoms with Gasteiger partial charge >= 0.3 is 0 Å². The molecule has 37 heavy (non-hydrogen) atoms. The zero-order valence-corrected chi connectivity index (χ0v) is 22.5. The molecule has 1 aliphatic heterocycles. The number of nitrogens with zero attached hydrogens (tertiary/aromatic N) is 1. The van der Waals surface area contributed by atoms with Crippen molar-refractivity contribution in [2.45, 2.75) is 37.6 Å². The Morgan fingerprint density at radius 1 is 1.00 bits per heavy atom. The highest BCUT2D eigenvalue weighted by atomic mass is 32.2. The molecule has 0 saturated heterocycles. The van der Waals surface area contributed by atoms with Gasteiger partial charge in [0.2, 0.25) is 0 Å². The fourth-order valence-corrected chi connectivity index (χ4v) is 6.00. The smallest absolute Gasteiger partial charge is 0.265 e. The van der Waals surface area contributed by atoms with E-state index in [1.54, 1.807) is 29.2 Å². The van der Waals surface area contributed by atoms with Gasteiger partial charge in [-0.3, -0.25) is 9.59 Å². The summed E-state index contributed by atoms with van der Waals surface area (Å²) in [6.45, 7) is 3.21. The predicted molar refractivity (Wildman–Crippen MR) is 153 cm³/mol. The van der Waals surface area contributed by atoms with Gasteiger partial charge in [0.25, 0.3) is 11.8 Å². The van der Waals surface area contributed by atoms with Crippen LogP contribution in [0, 0.1) is 5.82 Å². The third kappa shape index (κ3) is 7.49. The van der Waals surface area contributed by atoms with Crippen LogP contribution >= 0.6 is 23.5 Å². The Morgan fingerprint density at radius 2 is 1.73 bits per heavy atom. The van der Waals surface area contributed by atoms with Crippen molar-refractivity contribution in [2.75, 3.05) is 23.0 Å². The van der Waals surface area contributed by atoms with Crippen LogP contribution in [0.2, 0.25) is 0 Å². The van der Waals surface area contributed by atoms with E-state index in [1.165, 1.54) is 42.5 Å². The Hall–Kier alpha value is -3.03. The fraction of sp³-hybridized carbons (Fsp3) is 0.267. The molecule has 1 N–H and O–H groups in total. The predicted octanol–water partition coefficient (Wildman–Crippen LogP) is 7.16. The molecule has 0 saturated carbocycles. The first-order chi connectivity index (χ1) is 18.0. The maximum atomic E-state index is 13.5. The second-order valence-electron chi connectivity index (χ2n) is 8.79. The van der Waals surface area contributed by atoms with Gasteiger partial charge in [0.1, 0.15) is 5.82 Å². The molecule has 1 heterocycles. The number of nitrogens with one attached hydrogen (secondary N) is 1. The van der Waals surface area contributed by atoms with E-state index in [1.807, 2.05) is 54.2 Å². The number of benzene rings is 3. The van der Waals surface area contributed by atoms with E-state index in [0.29, 0.717) is 23.6 Å². The van der Waals surface area contributed by atoms with E-state index >= 15 is 0 Å². The number of fused-ring (bicyclic) bond motifs is 1. The topological polar surface area (TPSA) is 49.4 Å². The molecule has 4 rings (SSSR count). The summed E-state index contributed by atoms with van der Waals surface area (Å²) < 4.78 is 13.4. The van der Waals surface area contributed by atoms with Crippen molar-refractivity contribution >= 4 is 47.1 Å². The minimum absolute atomic E-state index is 0.0831. The summed E-state index contributed by atoms with van der Waals surface area (Å²) in [6, 6.07) is 21.3. The Kier molecular flexibility index (Phi) is 9.85. The first kappa shape index (κ1) is 27.0. The second kappa shape index (κ2) is 13.5. The summed E-state index contributed by atoms with van der Waals surface area (Å²) in [7, 11) is 0. The molecule has 1 aliphatic rings. The molecule has 0 aliphatic carbocycles. The standard InChI is InChI=1S/C30H31FN2O2S2/c1-2-3-18-36-19-6-17-32-29(34)24-13-9-22(10-14-24)20-28-30(35)33(21-23-11-15-25(31)16-12-23)26-7-4-5-8-27(26)37-28/h4-5,7-16,20H,2-3,6,17-19,21H2,1H3,(H,32,34)/b28-20-. The van der Waals surface area contributed by atoms with Gasteiger partial charge < -0.3 is 10.2 Å². The monoisotopic (exact) mass is 534 g/mol. The highest BCUT2D eigenvalue weighted by molar-refractivity contribution is 8.04. The lowest BCUT2D eigenvalue weighted by Crippen LogP contribution is -2.33. The number of carbonyl (C=O) groups is 2.